The molecule has 114 valence electrons. The first-order valence-electron chi connectivity index (χ1n) is 7.00. The number of carboxylic acids is 1. The number of aromatic nitrogens is 2. The summed E-state index contributed by atoms with van der Waals surface area (Å²) in [6.45, 7) is 4.39. The zero-order chi connectivity index (χ0) is 15.4. The number of amides is 1. The van der Waals surface area contributed by atoms with Crippen molar-refractivity contribution in [2.24, 2.45) is 0 Å². The van der Waals surface area contributed by atoms with Crippen LogP contribution in [0.25, 0.3) is 0 Å². The van der Waals surface area contributed by atoms with E-state index in [9.17, 15) is 9.59 Å². The molecule has 1 aliphatic rings. The Kier molecular flexibility index (Phi) is 4.85. The maximum absolute atomic E-state index is 11.1. The van der Waals surface area contributed by atoms with Crippen molar-refractivity contribution in [2.75, 3.05) is 13.1 Å². The Bertz CT molecular complexity index is 547. The topological polar surface area (TPSA) is 95.4 Å². The molecule has 2 heterocycles. The Morgan fingerprint density at radius 2 is 2.29 bits per heavy atom. The highest BCUT2D eigenvalue weighted by atomic mass is 16.4. The molecule has 1 aliphatic heterocycles. The lowest BCUT2D eigenvalue weighted by Crippen LogP contribution is -2.31. The summed E-state index contributed by atoms with van der Waals surface area (Å²) in [5, 5.41) is 11.8. The van der Waals surface area contributed by atoms with Crippen LogP contribution in [0.2, 0.25) is 0 Å². The Hall–Kier alpha value is -2.02. The van der Waals surface area contributed by atoms with Gasteiger partial charge in [-0.2, -0.15) is 0 Å². The van der Waals surface area contributed by atoms with Crippen molar-refractivity contribution in [1.29, 1.82) is 0 Å². The molecule has 1 amide bonds. The lowest BCUT2D eigenvalue weighted by atomic mass is 10.1. The summed E-state index contributed by atoms with van der Waals surface area (Å²) in [5.74, 6) is -0.301. The predicted octanol–water partition coefficient (Wildman–Crippen LogP) is 0.643. The highest BCUT2D eigenvalue weighted by molar-refractivity contribution is 5.72. The van der Waals surface area contributed by atoms with Gasteiger partial charge in [0.25, 0.3) is 0 Å². The second kappa shape index (κ2) is 6.62. The fraction of sp³-hybridized carbons (Fsp3) is 0.571. The predicted molar refractivity (Wildman–Crippen MR) is 75.5 cm³/mol. The normalized spacial score (nSPS) is 18.7. The summed E-state index contributed by atoms with van der Waals surface area (Å²) in [7, 11) is 0. The third-order valence-corrected chi connectivity index (χ3v) is 3.56. The van der Waals surface area contributed by atoms with Gasteiger partial charge in [0.2, 0.25) is 5.91 Å². The average Bonchev–Trinajstić information content (AvgIpc) is 2.84. The third kappa shape index (κ3) is 3.98. The van der Waals surface area contributed by atoms with Crippen LogP contribution in [-0.2, 0) is 16.1 Å². The van der Waals surface area contributed by atoms with Crippen LogP contribution in [0, 0.1) is 6.92 Å². The number of carbonyl (C=O) groups is 2. The molecule has 0 aliphatic carbocycles. The summed E-state index contributed by atoms with van der Waals surface area (Å²) in [6, 6.07) is -0.0217. The monoisotopic (exact) mass is 292 g/mol. The second-order valence-corrected chi connectivity index (χ2v) is 5.26. The number of rotatable bonds is 5. The zero-order valence-electron chi connectivity index (χ0n) is 12.3. The summed E-state index contributed by atoms with van der Waals surface area (Å²) >= 11 is 0. The van der Waals surface area contributed by atoms with Crippen molar-refractivity contribution in [3.8, 4) is 0 Å². The minimum atomic E-state index is -0.837. The lowest BCUT2D eigenvalue weighted by Gasteiger charge is -2.24. The molecule has 7 heteroatoms. The van der Waals surface area contributed by atoms with Gasteiger partial charge in [-0.1, -0.05) is 0 Å². The maximum Gasteiger partial charge on any atom is 0.317 e. The van der Waals surface area contributed by atoms with Gasteiger partial charge in [0.15, 0.2) is 0 Å². The van der Waals surface area contributed by atoms with Gasteiger partial charge < -0.3 is 10.4 Å². The number of aryl methyl sites for hydroxylation is 1. The first-order chi connectivity index (χ1) is 9.97. The largest absolute Gasteiger partial charge is 0.480 e. The molecule has 0 bridgehead atoms. The number of aliphatic carboxylic acids is 1. The summed E-state index contributed by atoms with van der Waals surface area (Å²) < 4.78 is 0. The molecule has 1 aromatic heterocycles. The first kappa shape index (κ1) is 15.4. The van der Waals surface area contributed by atoms with Gasteiger partial charge in [-0.25, -0.2) is 9.97 Å². The van der Waals surface area contributed by atoms with Crippen molar-refractivity contribution in [3.05, 3.63) is 23.3 Å². The molecule has 7 nitrogen and oxygen atoms in total. The number of hydrogen-bond donors (Lipinski definition) is 2. The van der Waals surface area contributed by atoms with E-state index in [0.717, 1.165) is 30.6 Å². The molecule has 2 rings (SSSR count). The third-order valence-electron chi connectivity index (χ3n) is 3.56. The van der Waals surface area contributed by atoms with E-state index in [0.29, 0.717) is 12.4 Å². The number of nitrogens with one attached hydrogen (secondary N) is 1. The average molecular weight is 292 g/mol. The molecule has 1 saturated heterocycles. The van der Waals surface area contributed by atoms with E-state index in [1.165, 1.54) is 6.92 Å². The molecule has 0 radical (unpaired) electrons. The lowest BCUT2D eigenvalue weighted by molar-refractivity contribution is -0.138. The molecule has 1 fully saturated rings. The van der Waals surface area contributed by atoms with Crippen molar-refractivity contribution < 1.29 is 14.7 Å². The number of carboxylic acid groups (broad SMARTS) is 1. The van der Waals surface area contributed by atoms with Crippen molar-refractivity contribution in [3.63, 3.8) is 0 Å². The Morgan fingerprint density at radius 3 is 2.95 bits per heavy atom. The van der Waals surface area contributed by atoms with E-state index in [1.54, 1.807) is 6.20 Å². The first-order valence-corrected chi connectivity index (χ1v) is 7.00. The van der Waals surface area contributed by atoms with Crippen LogP contribution in [-0.4, -0.2) is 44.9 Å². The van der Waals surface area contributed by atoms with Gasteiger partial charge in [0.1, 0.15) is 5.82 Å². The van der Waals surface area contributed by atoms with Crippen molar-refractivity contribution in [1.82, 2.24) is 20.2 Å². The van der Waals surface area contributed by atoms with E-state index < -0.39 is 5.97 Å². The smallest absolute Gasteiger partial charge is 0.317 e. The zero-order valence-corrected chi connectivity index (χ0v) is 12.3. The van der Waals surface area contributed by atoms with E-state index in [2.05, 4.69) is 15.3 Å². The van der Waals surface area contributed by atoms with E-state index in [1.807, 2.05) is 11.8 Å². The SMILES string of the molecule is CC(=O)NCc1cnc(C)nc1C1CCCN1CC(=O)O. The van der Waals surface area contributed by atoms with Gasteiger partial charge in [-0.05, 0) is 26.3 Å². The van der Waals surface area contributed by atoms with Crippen LogP contribution in [0.15, 0.2) is 6.20 Å². The number of likely N-dealkylation sites (tertiary alicyclic amines) is 1. The van der Waals surface area contributed by atoms with Crippen LogP contribution < -0.4 is 5.32 Å². The highest BCUT2D eigenvalue weighted by Crippen LogP contribution is 2.32. The quantitative estimate of drug-likeness (QED) is 0.827. The van der Waals surface area contributed by atoms with Crippen LogP contribution >= 0.6 is 0 Å². The van der Waals surface area contributed by atoms with Crippen LogP contribution in [0.4, 0.5) is 0 Å². The van der Waals surface area contributed by atoms with Crippen molar-refractivity contribution >= 4 is 11.9 Å². The standard InChI is InChI=1S/C14H20N4O3/c1-9-15-6-11(7-16-10(2)19)14(17-9)12-4-3-5-18(12)8-13(20)21/h6,12H,3-5,7-8H2,1-2H3,(H,16,19)(H,20,21). The van der Waals surface area contributed by atoms with E-state index in [-0.39, 0.29) is 18.5 Å². The number of carbonyl (C=O) groups excluding carboxylic acids is 1. The van der Waals surface area contributed by atoms with E-state index in [4.69, 9.17) is 5.11 Å². The fourth-order valence-corrected chi connectivity index (χ4v) is 2.66. The Labute approximate surface area is 123 Å². The fourth-order valence-electron chi connectivity index (χ4n) is 2.66. The summed E-state index contributed by atoms with van der Waals surface area (Å²) in [4.78, 5) is 32.6. The van der Waals surface area contributed by atoms with Crippen LogP contribution in [0.1, 0.15) is 42.9 Å². The van der Waals surface area contributed by atoms with Crippen molar-refractivity contribution in [2.45, 2.75) is 39.3 Å². The highest BCUT2D eigenvalue weighted by Gasteiger charge is 2.30. The van der Waals surface area contributed by atoms with Gasteiger partial charge in [0.05, 0.1) is 18.3 Å². The minimum absolute atomic E-state index is 0.00724. The maximum atomic E-state index is 11.1. The summed E-state index contributed by atoms with van der Waals surface area (Å²) in [6.07, 6.45) is 3.53. The van der Waals surface area contributed by atoms with E-state index >= 15 is 0 Å². The van der Waals surface area contributed by atoms with Gasteiger partial charge in [-0.15, -0.1) is 0 Å². The molecule has 2 N–H and O–H groups in total. The molecule has 1 atom stereocenters. The molecule has 21 heavy (non-hydrogen) atoms. The van der Waals surface area contributed by atoms with Crippen LogP contribution in [0.3, 0.4) is 0 Å². The summed E-state index contributed by atoms with van der Waals surface area (Å²) in [5.41, 5.74) is 1.67. The second-order valence-electron chi connectivity index (χ2n) is 5.26. The molecule has 0 saturated carbocycles. The molecule has 1 aromatic rings. The van der Waals surface area contributed by atoms with Gasteiger partial charge in [0, 0.05) is 25.2 Å². The minimum Gasteiger partial charge on any atom is -0.480 e. The molecular weight excluding hydrogens is 272 g/mol. The Balaban J connectivity index is 2.25. The Morgan fingerprint density at radius 1 is 1.52 bits per heavy atom. The number of hydrogen-bond acceptors (Lipinski definition) is 5. The van der Waals surface area contributed by atoms with Gasteiger partial charge >= 0.3 is 5.97 Å². The van der Waals surface area contributed by atoms with Crippen LogP contribution in [0.5, 0.6) is 0 Å². The molecular formula is C14H20N4O3. The van der Waals surface area contributed by atoms with Gasteiger partial charge in [-0.3, -0.25) is 14.5 Å². The number of nitrogens with zero attached hydrogens (tertiary/aromatic N) is 3. The molecule has 1 unspecified atom stereocenters. The molecule has 0 aromatic carbocycles. The molecule has 0 spiro atoms.